The van der Waals surface area contributed by atoms with Crippen LogP contribution in [-0.2, 0) is 6.54 Å². The molecule has 6 nitrogen and oxygen atoms in total. The van der Waals surface area contributed by atoms with Gasteiger partial charge in [0, 0.05) is 21.0 Å². The molecule has 2 heterocycles. The Labute approximate surface area is 151 Å². The zero-order chi connectivity index (χ0) is 18.8. The maximum Gasteiger partial charge on any atom is 0.183 e. The lowest BCUT2D eigenvalue weighted by atomic mass is 10.1. The molecule has 0 radical (unpaired) electrons. The third-order valence-electron chi connectivity index (χ3n) is 4.10. The average molecular weight is 353 g/mol. The summed E-state index contributed by atoms with van der Waals surface area (Å²) >= 11 is 0. The van der Waals surface area contributed by atoms with Gasteiger partial charge in [-0.3, -0.25) is 9.48 Å². The van der Waals surface area contributed by atoms with Gasteiger partial charge in [-0.15, -0.1) is 0 Å². The summed E-state index contributed by atoms with van der Waals surface area (Å²) in [5.41, 5.74) is 3.08. The third kappa shape index (κ3) is 3.46. The van der Waals surface area contributed by atoms with Gasteiger partial charge in [0.15, 0.2) is 23.2 Å². The topological polar surface area (TPSA) is 63.9 Å². The maximum absolute atomic E-state index is 13.8. The highest BCUT2D eigenvalue weighted by Gasteiger charge is 2.17. The lowest BCUT2D eigenvalue weighted by molar-refractivity contribution is 0.100. The molecule has 0 aliphatic rings. The molecule has 0 unspecified atom stereocenters. The molecule has 0 spiro atoms. The van der Waals surface area contributed by atoms with Crippen molar-refractivity contribution in [3.05, 3.63) is 59.2 Å². The third-order valence-corrected chi connectivity index (χ3v) is 4.10. The molecule has 0 atom stereocenters. The van der Waals surface area contributed by atoms with Crippen molar-refractivity contribution in [3.63, 3.8) is 0 Å². The Hall–Kier alpha value is -3.09. The summed E-state index contributed by atoms with van der Waals surface area (Å²) in [6.07, 6.45) is 1.12. The lowest BCUT2D eigenvalue weighted by Crippen LogP contribution is -2.14. The van der Waals surface area contributed by atoms with E-state index in [1.165, 1.54) is 6.92 Å². The van der Waals surface area contributed by atoms with Crippen LogP contribution < -0.4 is 4.90 Å². The van der Waals surface area contributed by atoms with E-state index >= 15 is 0 Å². The summed E-state index contributed by atoms with van der Waals surface area (Å²) in [6.45, 7) is 3.97. The Bertz CT molecular complexity index is 964. The Balaban J connectivity index is 2.04. The molecule has 26 heavy (non-hydrogen) atoms. The monoisotopic (exact) mass is 353 g/mol. The number of hydrogen-bond donors (Lipinski definition) is 0. The minimum atomic E-state index is -0.509. The summed E-state index contributed by atoms with van der Waals surface area (Å²) in [5, 5.41) is 4.50. The van der Waals surface area contributed by atoms with Gasteiger partial charge in [0.2, 0.25) is 0 Å². The first-order valence-electron chi connectivity index (χ1n) is 8.20. The number of halogens is 1. The molecule has 7 heteroatoms. The van der Waals surface area contributed by atoms with E-state index in [1.807, 2.05) is 31.2 Å². The van der Waals surface area contributed by atoms with Crippen molar-refractivity contribution in [3.8, 4) is 11.5 Å². The van der Waals surface area contributed by atoms with Crippen molar-refractivity contribution in [1.82, 2.24) is 19.7 Å². The van der Waals surface area contributed by atoms with Crippen LogP contribution >= 0.6 is 0 Å². The van der Waals surface area contributed by atoms with Crippen molar-refractivity contribution in [2.24, 2.45) is 0 Å². The lowest BCUT2D eigenvalue weighted by Gasteiger charge is -2.12. The minimum Gasteiger partial charge on any atom is -0.360 e. The first kappa shape index (κ1) is 17.7. The number of carbonyl (C=O) groups excluding carboxylic acids is 1. The highest BCUT2D eigenvalue weighted by molar-refractivity contribution is 5.93. The Morgan fingerprint density at radius 2 is 2.00 bits per heavy atom. The number of Topliss-reactive ketones (excluding diaryl/α,β-unsaturated/α-hetero) is 1. The normalized spacial score (nSPS) is 10.8. The Morgan fingerprint density at radius 1 is 1.27 bits per heavy atom. The van der Waals surface area contributed by atoms with Gasteiger partial charge in [0.25, 0.3) is 0 Å². The van der Waals surface area contributed by atoms with Gasteiger partial charge in [-0.05, 0) is 24.1 Å². The van der Waals surface area contributed by atoms with Crippen molar-refractivity contribution in [1.29, 1.82) is 0 Å². The second-order valence-corrected chi connectivity index (χ2v) is 6.31. The predicted molar refractivity (Wildman–Crippen MR) is 97.8 cm³/mol. The molecular weight excluding hydrogens is 333 g/mol. The molecule has 3 rings (SSSR count). The summed E-state index contributed by atoms with van der Waals surface area (Å²) in [4.78, 5) is 21.9. The maximum atomic E-state index is 13.8. The van der Waals surface area contributed by atoms with Gasteiger partial charge < -0.3 is 4.90 Å². The van der Waals surface area contributed by atoms with Crippen LogP contribution in [-0.4, -0.2) is 39.6 Å². The number of anilines is 1. The molecule has 0 N–H and O–H groups in total. The molecule has 2 aromatic heterocycles. The summed E-state index contributed by atoms with van der Waals surface area (Å²) < 4.78 is 15.5. The van der Waals surface area contributed by atoms with E-state index in [-0.39, 0.29) is 17.4 Å². The van der Waals surface area contributed by atoms with E-state index < -0.39 is 5.82 Å². The van der Waals surface area contributed by atoms with Crippen molar-refractivity contribution < 1.29 is 9.18 Å². The largest absolute Gasteiger partial charge is 0.360 e. The van der Waals surface area contributed by atoms with Gasteiger partial charge in [-0.2, -0.15) is 5.10 Å². The van der Waals surface area contributed by atoms with E-state index in [0.29, 0.717) is 17.9 Å². The van der Waals surface area contributed by atoms with Crippen LogP contribution in [0.3, 0.4) is 0 Å². The van der Waals surface area contributed by atoms with Crippen molar-refractivity contribution in [2.75, 3.05) is 19.0 Å². The molecule has 1 aromatic carbocycles. The molecule has 0 amide bonds. The number of nitrogens with zero attached hydrogens (tertiary/aromatic N) is 5. The minimum absolute atomic E-state index is 0.104. The number of aryl methyl sites for hydroxylation is 1. The summed E-state index contributed by atoms with van der Waals surface area (Å²) in [7, 11) is 3.40. The van der Waals surface area contributed by atoms with Gasteiger partial charge in [0.05, 0.1) is 12.7 Å². The number of aromatic nitrogens is 4. The van der Waals surface area contributed by atoms with E-state index in [9.17, 15) is 9.18 Å². The number of carbonyl (C=O) groups is 1. The second-order valence-electron chi connectivity index (χ2n) is 6.31. The standard InChI is InChI=1S/C19H20FN5O/c1-12-7-5-6-8-14(12)11-25-17(13(2)26)9-16(23-25)18-21-10-15(20)19(22-18)24(3)4/h5-10H,11H2,1-4H3. The van der Waals surface area contributed by atoms with Gasteiger partial charge in [-0.25, -0.2) is 14.4 Å². The molecule has 0 fully saturated rings. The Morgan fingerprint density at radius 3 is 2.65 bits per heavy atom. The van der Waals surface area contributed by atoms with Crippen molar-refractivity contribution >= 4 is 11.6 Å². The number of benzene rings is 1. The molecule has 0 saturated heterocycles. The van der Waals surface area contributed by atoms with E-state index in [4.69, 9.17) is 0 Å². The zero-order valence-electron chi connectivity index (χ0n) is 15.2. The van der Waals surface area contributed by atoms with Crippen LogP contribution in [0.2, 0.25) is 0 Å². The SMILES string of the molecule is CC(=O)c1cc(-c2ncc(F)c(N(C)C)n2)nn1Cc1ccccc1C. The van der Waals surface area contributed by atoms with Crippen LogP contribution in [0.1, 0.15) is 28.5 Å². The smallest absolute Gasteiger partial charge is 0.183 e. The number of ketones is 1. The molecule has 134 valence electrons. The van der Waals surface area contributed by atoms with Crippen LogP contribution in [0.15, 0.2) is 36.5 Å². The van der Waals surface area contributed by atoms with Crippen molar-refractivity contribution in [2.45, 2.75) is 20.4 Å². The quantitative estimate of drug-likeness (QED) is 0.660. The van der Waals surface area contributed by atoms with Crippen LogP contribution in [0, 0.1) is 12.7 Å². The fourth-order valence-electron chi connectivity index (χ4n) is 2.67. The summed E-state index contributed by atoms with van der Waals surface area (Å²) in [6, 6.07) is 9.58. The Kier molecular flexibility index (Phi) is 4.79. The average Bonchev–Trinajstić information content (AvgIpc) is 3.01. The molecule has 3 aromatic rings. The highest BCUT2D eigenvalue weighted by atomic mass is 19.1. The molecule has 0 bridgehead atoms. The molecule has 0 saturated carbocycles. The van der Waals surface area contributed by atoms with Crippen LogP contribution in [0.25, 0.3) is 11.5 Å². The van der Waals surface area contributed by atoms with E-state index in [0.717, 1.165) is 17.3 Å². The van der Waals surface area contributed by atoms with Crippen LogP contribution in [0.5, 0.6) is 0 Å². The van der Waals surface area contributed by atoms with Gasteiger partial charge in [-0.1, -0.05) is 24.3 Å². The fraction of sp³-hybridized carbons (Fsp3) is 0.263. The molecule has 0 aliphatic carbocycles. The zero-order valence-corrected chi connectivity index (χ0v) is 15.2. The van der Waals surface area contributed by atoms with E-state index in [2.05, 4.69) is 15.1 Å². The first-order chi connectivity index (χ1) is 12.4. The predicted octanol–water partition coefficient (Wildman–Crippen LogP) is 3.10. The van der Waals surface area contributed by atoms with Gasteiger partial charge >= 0.3 is 0 Å². The number of hydrogen-bond acceptors (Lipinski definition) is 5. The fourth-order valence-corrected chi connectivity index (χ4v) is 2.67. The van der Waals surface area contributed by atoms with E-state index in [1.54, 1.807) is 29.7 Å². The first-order valence-corrected chi connectivity index (χ1v) is 8.20. The van der Waals surface area contributed by atoms with Crippen LogP contribution in [0.4, 0.5) is 10.2 Å². The second kappa shape index (κ2) is 7.03. The number of rotatable bonds is 5. The summed E-state index contributed by atoms with van der Waals surface area (Å²) in [5.74, 6) is -0.161. The molecule has 0 aliphatic heterocycles. The van der Waals surface area contributed by atoms with Gasteiger partial charge in [0.1, 0.15) is 11.4 Å². The highest BCUT2D eigenvalue weighted by Crippen LogP contribution is 2.21. The molecular formula is C19H20FN5O.